The Labute approximate surface area is 249 Å². The van der Waals surface area contributed by atoms with Crippen molar-refractivity contribution in [2.75, 3.05) is 20.3 Å². The molecule has 2 aromatic carbocycles. The fourth-order valence-electron chi connectivity index (χ4n) is 5.71. The van der Waals surface area contributed by atoms with Gasteiger partial charge in [-0.05, 0) is 68.5 Å². The number of nitrogens with one attached hydrogen (secondary N) is 1. The number of rotatable bonds is 9. The van der Waals surface area contributed by atoms with Gasteiger partial charge in [0.25, 0.3) is 5.91 Å². The van der Waals surface area contributed by atoms with E-state index in [0.29, 0.717) is 32.5 Å². The smallest absolute Gasteiger partial charge is 0.333 e. The molecule has 1 aliphatic heterocycles. The summed E-state index contributed by atoms with van der Waals surface area (Å²) in [5.41, 5.74) is 6.97. The van der Waals surface area contributed by atoms with Gasteiger partial charge < -0.3 is 20.5 Å². The Morgan fingerprint density at radius 3 is 2.57 bits per heavy atom. The maximum Gasteiger partial charge on any atom is 0.333 e. The van der Waals surface area contributed by atoms with E-state index in [0.717, 1.165) is 31.2 Å². The van der Waals surface area contributed by atoms with Crippen LogP contribution in [0, 0.1) is 24.5 Å². The van der Waals surface area contributed by atoms with E-state index < -0.39 is 35.4 Å². The molecular weight excluding hydrogens is 582 g/mol. The number of carbonyl (C=O) groups excluding carboxylic acids is 2. The summed E-state index contributed by atoms with van der Waals surface area (Å²) in [6, 6.07) is 6.75. The lowest BCUT2D eigenvalue weighted by Crippen LogP contribution is -2.40. The second kappa shape index (κ2) is 10.8. The van der Waals surface area contributed by atoms with E-state index in [2.05, 4.69) is 10.4 Å². The van der Waals surface area contributed by atoms with E-state index >= 15 is 0 Å². The molecule has 2 aliphatic rings. The van der Waals surface area contributed by atoms with E-state index in [1.165, 1.54) is 19.2 Å². The van der Waals surface area contributed by atoms with Crippen LogP contribution in [0.25, 0.3) is 22.2 Å². The number of carbonyl (C=O) groups is 2. The van der Waals surface area contributed by atoms with Crippen molar-refractivity contribution in [3.05, 3.63) is 70.5 Å². The van der Waals surface area contributed by atoms with Gasteiger partial charge in [-0.3, -0.25) is 9.59 Å². The highest BCUT2D eigenvalue weighted by Gasteiger charge is 2.45. The van der Waals surface area contributed by atoms with Crippen molar-refractivity contribution in [3.8, 4) is 22.8 Å². The number of benzene rings is 2. The number of alkyl halides is 2. The monoisotopic (exact) mass is 611 g/mol. The third-order valence-electron chi connectivity index (χ3n) is 8.49. The third kappa shape index (κ3) is 4.99. The molecule has 0 unspecified atom stereocenters. The minimum absolute atomic E-state index is 0.0458. The highest BCUT2D eigenvalue weighted by molar-refractivity contribution is 6.00. The quantitative estimate of drug-likeness (QED) is 0.253. The van der Waals surface area contributed by atoms with Gasteiger partial charge in [-0.2, -0.15) is 13.9 Å². The van der Waals surface area contributed by atoms with Crippen molar-refractivity contribution < 1.29 is 36.6 Å². The number of fused-ring (bicyclic) bond motifs is 2. The molecule has 230 valence electrons. The molecule has 1 saturated carbocycles. The maximum atomic E-state index is 14.4. The van der Waals surface area contributed by atoms with Crippen LogP contribution in [0.5, 0.6) is 11.5 Å². The normalized spacial score (nSPS) is 18.3. The average Bonchev–Trinajstić information content (AvgIpc) is 3.62. The van der Waals surface area contributed by atoms with Crippen LogP contribution < -0.4 is 20.5 Å². The number of aromatic nitrogens is 3. The first-order valence-electron chi connectivity index (χ1n) is 14.0. The van der Waals surface area contributed by atoms with Crippen molar-refractivity contribution in [2.24, 2.45) is 11.7 Å². The lowest BCUT2D eigenvalue weighted by molar-refractivity contribution is -0.123. The molecule has 6 rings (SSSR count). The number of pyridine rings is 1. The number of aryl methyl sites for hydroxylation is 1. The molecule has 0 spiro atoms. The highest BCUT2D eigenvalue weighted by atomic mass is 19.3. The van der Waals surface area contributed by atoms with Crippen LogP contribution >= 0.6 is 0 Å². The second-order valence-corrected chi connectivity index (χ2v) is 11.5. The number of primary amides is 1. The number of hydrogen-bond acceptors (Lipinski definition) is 6. The summed E-state index contributed by atoms with van der Waals surface area (Å²) >= 11 is 0. The molecule has 0 radical (unpaired) electrons. The van der Waals surface area contributed by atoms with Crippen LogP contribution in [0.1, 0.15) is 59.4 Å². The van der Waals surface area contributed by atoms with Gasteiger partial charge in [0.05, 0.1) is 7.11 Å². The van der Waals surface area contributed by atoms with E-state index in [1.54, 1.807) is 19.9 Å². The lowest BCUT2D eigenvalue weighted by atomic mass is 9.82. The zero-order valence-corrected chi connectivity index (χ0v) is 24.1. The van der Waals surface area contributed by atoms with Gasteiger partial charge in [0.15, 0.2) is 11.6 Å². The second-order valence-electron chi connectivity index (χ2n) is 11.5. The molecule has 3 N–H and O–H groups in total. The van der Waals surface area contributed by atoms with E-state index in [1.807, 2.05) is 0 Å². The summed E-state index contributed by atoms with van der Waals surface area (Å²) in [4.78, 5) is 30.8. The molecule has 4 aromatic rings. The number of halogens is 4. The van der Waals surface area contributed by atoms with E-state index in [-0.39, 0.29) is 53.3 Å². The van der Waals surface area contributed by atoms with Gasteiger partial charge >= 0.3 is 6.55 Å². The number of methoxy groups -OCH3 is 1. The van der Waals surface area contributed by atoms with E-state index in [9.17, 15) is 27.2 Å². The average molecular weight is 612 g/mol. The topological polar surface area (TPSA) is 121 Å². The molecule has 2 atom stereocenters. The molecular formula is C31H29F4N5O4. The van der Waals surface area contributed by atoms with Crippen LogP contribution in [0.3, 0.4) is 0 Å². The minimum Gasteiger partial charge on any atom is -0.494 e. The zero-order chi connectivity index (χ0) is 31.5. The number of nitrogens with two attached hydrogens (primary N) is 1. The molecule has 13 heteroatoms. The Hall–Kier alpha value is -4.68. The first-order chi connectivity index (χ1) is 20.9. The Balaban J connectivity index is 1.37. The number of ether oxygens (including phenoxy) is 2. The van der Waals surface area contributed by atoms with Crippen molar-refractivity contribution in [1.82, 2.24) is 20.1 Å². The van der Waals surface area contributed by atoms with Crippen molar-refractivity contribution in [3.63, 3.8) is 0 Å². The minimum atomic E-state index is -2.86. The van der Waals surface area contributed by atoms with Gasteiger partial charge in [-0.15, -0.1) is 0 Å². The predicted molar refractivity (Wildman–Crippen MR) is 152 cm³/mol. The fraction of sp³-hybridized carbons (Fsp3) is 0.355. The largest absolute Gasteiger partial charge is 0.494 e. The molecule has 2 aromatic heterocycles. The molecule has 2 amide bonds. The molecule has 0 bridgehead atoms. The molecule has 9 nitrogen and oxygen atoms in total. The summed E-state index contributed by atoms with van der Waals surface area (Å²) in [5.74, 6) is -2.85. The van der Waals surface area contributed by atoms with Crippen molar-refractivity contribution >= 4 is 22.7 Å². The molecule has 1 aliphatic carbocycles. The number of amides is 2. The molecule has 0 saturated heterocycles. The summed E-state index contributed by atoms with van der Waals surface area (Å²) in [6.07, 6.45) is 2.88. The van der Waals surface area contributed by atoms with Gasteiger partial charge in [0, 0.05) is 46.4 Å². The van der Waals surface area contributed by atoms with Gasteiger partial charge in [-0.1, -0.05) is 0 Å². The van der Waals surface area contributed by atoms with E-state index in [4.69, 9.17) is 20.2 Å². The van der Waals surface area contributed by atoms with Crippen molar-refractivity contribution in [2.45, 2.75) is 44.6 Å². The summed E-state index contributed by atoms with van der Waals surface area (Å²) < 4.78 is 66.6. The van der Waals surface area contributed by atoms with Crippen LogP contribution in [-0.2, 0) is 10.2 Å². The van der Waals surface area contributed by atoms with Crippen molar-refractivity contribution in [1.29, 1.82) is 0 Å². The Morgan fingerprint density at radius 2 is 1.91 bits per heavy atom. The summed E-state index contributed by atoms with van der Waals surface area (Å²) in [6.45, 7) is 0.521. The SMILES string of the molecule is COc1cc(C(=O)NC[C@H](c2cc3c(c(-c4cc(F)c(F)cc4C)n2)OC[C@]3(C)C(N)=O)C2CC2)cc2cn(C(F)F)nc12. The number of hydrogen-bond donors (Lipinski definition) is 2. The van der Waals surface area contributed by atoms with Crippen LogP contribution in [0.2, 0.25) is 0 Å². The first-order valence-corrected chi connectivity index (χ1v) is 14.0. The first kappa shape index (κ1) is 29.4. The van der Waals surface area contributed by atoms with Crippen LogP contribution in [0.4, 0.5) is 17.6 Å². The van der Waals surface area contributed by atoms with Gasteiger partial charge in [0.1, 0.15) is 34.7 Å². The zero-order valence-electron chi connectivity index (χ0n) is 24.1. The molecule has 44 heavy (non-hydrogen) atoms. The Bertz CT molecular complexity index is 1820. The standard InChI is InChI=1S/C31H29F4N5O4/c1-14-6-21(32)22(33)9-18(14)26-27-20(31(2,13-44-27)29(36)42)10-23(38-26)19(15-4-5-15)11-37-28(41)16-7-17-12-40(30(34)35)39-25(17)24(8-16)43-3/h6-10,12,15,19,30H,4-5,11,13H2,1-3H3,(H2,36,42)(H,37,41)/t19-,31-/m0/s1. The number of nitrogens with zero attached hydrogens (tertiary/aromatic N) is 3. The third-order valence-corrected chi connectivity index (χ3v) is 8.49. The summed E-state index contributed by atoms with van der Waals surface area (Å²) in [5, 5.41) is 7.08. The van der Waals surface area contributed by atoms with Crippen LogP contribution in [-0.4, -0.2) is 46.8 Å². The lowest BCUT2D eigenvalue weighted by Gasteiger charge is -2.22. The summed E-state index contributed by atoms with van der Waals surface area (Å²) in [7, 11) is 1.36. The molecule has 3 heterocycles. The molecule has 1 fully saturated rings. The Kier molecular flexibility index (Phi) is 7.21. The predicted octanol–water partition coefficient (Wildman–Crippen LogP) is 5.15. The van der Waals surface area contributed by atoms with Gasteiger partial charge in [-0.25, -0.2) is 18.4 Å². The Morgan fingerprint density at radius 1 is 1.18 bits per heavy atom. The highest BCUT2D eigenvalue weighted by Crippen LogP contribution is 2.49. The fourth-order valence-corrected chi connectivity index (χ4v) is 5.71. The van der Waals surface area contributed by atoms with Crippen LogP contribution in [0.15, 0.2) is 36.5 Å². The maximum absolute atomic E-state index is 14.4. The van der Waals surface area contributed by atoms with Gasteiger partial charge in [0.2, 0.25) is 5.91 Å².